The molecule has 2 atom stereocenters. The summed E-state index contributed by atoms with van der Waals surface area (Å²) >= 11 is 0. The summed E-state index contributed by atoms with van der Waals surface area (Å²) in [6.07, 6.45) is 2.62. The highest BCUT2D eigenvalue weighted by Gasteiger charge is 2.33. The third-order valence-corrected chi connectivity index (χ3v) is 4.80. The van der Waals surface area contributed by atoms with Crippen molar-refractivity contribution in [1.82, 2.24) is 15.1 Å². The fraction of sp³-hybridized carbons (Fsp3) is 0.444. The minimum absolute atomic E-state index is 0.0448. The van der Waals surface area contributed by atoms with Crippen LogP contribution in [0.2, 0.25) is 0 Å². The number of hydrogen-bond acceptors (Lipinski definition) is 3. The number of nitrogens with one attached hydrogen (secondary N) is 1. The van der Waals surface area contributed by atoms with E-state index in [2.05, 4.69) is 10.2 Å². The van der Waals surface area contributed by atoms with Crippen molar-refractivity contribution in [1.29, 1.82) is 0 Å². The second-order valence-electron chi connectivity index (χ2n) is 6.58. The van der Waals surface area contributed by atoms with Gasteiger partial charge in [-0.05, 0) is 43.9 Å². The van der Waals surface area contributed by atoms with Gasteiger partial charge in [-0.3, -0.25) is 9.89 Å². The molecule has 126 valence electrons. The minimum atomic E-state index is -0.275. The number of ether oxygens (including phenoxy) is 1. The van der Waals surface area contributed by atoms with E-state index in [1.54, 1.807) is 17.0 Å². The molecule has 0 bridgehead atoms. The lowest BCUT2D eigenvalue weighted by Crippen LogP contribution is -2.46. The maximum absolute atomic E-state index is 13.1. The third-order valence-electron chi connectivity index (χ3n) is 4.80. The lowest BCUT2D eigenvalue weighted by atomic mass is 10.1. The van der Waals surface area contributed by atoms with Crippen LogP contribution in [0.3, 0.4) is 0 Å². The zero-order valence-electron chi connectivity index (χ0n) is 13.6. The van der Waals surface area contributed by atoms with Crippen molar-refractivity contribution in [3.8, 4) is 0 Å². The smallest absolute Gasteiger partial charge is 0.274 e. The molecular formula is C18H20FN3O2. The molecule has 1 aliphatic carbocycles. The molecule has 6 heteroatoms. The van der Waals surface area contributed by atoms with Gasteiger partial charge in [-0.1, -0.05) is 12.1 Å². The van der Waals surface area contributed by atoms with E-state index in [0.29, 0.717) is 18.8 Å². The quantitative estimate of drug-likeness (QED) is 0.921. The van der Waals surface area contributed by atoms with Crippen LogP contribution >= 0.6 is 0 Å². The number of fused-ring (bicyclic) bond motifs is 1. The molecule has 1 aliphatic heterocycles. The normalized spacial score (nSPS) is 23.3. The van der Waals surface area contributed by atoms with E-state index >= 15 is 0 Å². The van der Waals surface area contributed by atoms with Gasteiger partial charge in [0.15, 0.2) is 5.69 Å². The zero-order chi connectivity index (χ0) is 16.7. The summed E-state index contributed by atoms with van der Waals surface area (Å²) in [5, 5.41) is 7.24. The fourth-order valence-electron chi connectivity index (χ4n) is 3.62. The number of halogens is 1. The number of nitrogens with zero attached hydrogens (tertiary/aromatic N) is 2. The lowest BCUT2D eigenvalue weighted by Gasteiger charge is -2.36. The second kappa shape index (κ2) is 6.02. The molecule has 0 spiro atoms. The molecule has 4 rings (SSSR count). The average Bonchev–Trinajstić information content (AvgIpc) is 3.17. The van der Waals surface area contributed by atoms with Gasteiger partial charge >= 0.3 is 0 Å². The molecule has 1 saturated heterocycles. The summed E-state index contributed by atoms with van der Waals surface area (Å²) in [6.45, 7) is 2.94. The molecule has 1 N–H and O–H groups in total. The van der Waals surface area contributed by atoms with Gasteiger partial charge in [0.25, 0.3) is 5.91 Å². The van der Waals surface area contributed by atoms with Crippen molar-refractivity contribution in [3.63, 3.8) is 0 Å². The zero-order valence-corrected chi connectivity index (χ0v) is 13.6. The molecule has 1 amide bonds. The number of aromatic amines is 1. The number of aryl methyl sites for hydroxylation is 1. The van der Waals surface area contributed by atoms with Crippen LogP contribution < -0.4 is 0 Å². The Bertz CT molecular complexity index is 756. The first-order valence-electron chi connectivity index (χ1n) is 8.38. The van der Waals surface area contributed by atoms with Crippen molar-refractivity contribution >= 4 is 5.91 Å². The highest BCUT2D eigenvalue weighted by atomic mass is 19.1. The molecule has 5 nitrogen and oxygen atoms in total. The molecule has 1 aromatic heterocycles. The maximum atomic E-state index is 13.1. The van der Waals surface area contributed by atoms with Crippen molar-refractivity contribution in [2.24, 2.45) is 0 Å². The fourth-order valence-corrected chi connectivity index (χ4v) is 3.62. The van der Waals surface area contributed by atoms with Crippen LogP contribution in [0.5, 0.6) is 0 Å². The Balaban J connectivity index is 1.56. The molecular weight excluding hydrogens is 309 g/mol. The van der Waals surface area contributed by atoms with Crippen molar-refractivity contribution < 1.29 is 13.9 Å². The molecule has 2 heterocycles. The number of morpholine rings is 1. The maximum Gasteiger partial charge on any atom is 0.274 e. The first-order chi connectivity index (χ1) is 11.6. The topological polar surface area (TPSA) is 58.2 Å². The molecule has 2 aromatic rings. The van der Waals surface area contributed by atoms with Gasteiger partial charge in [0, 0.05) is 17.8 Å². The summed E-state index contributed by atoms with van der Waals surface area (Å²) in [6, 6.07) is 6.27. The number of aromatic nitrogens is 2. The van der Waals surface area contributed by atoms with Gasteiger partial charge in [0.1, 0.15) is 11.9 Å². The van der Waals surface area contributed by atoms with Crippen molar-refractivity contribution in [2.45, 2.75) is 38.4 Å². The summed E-state index contributed by atoms with van der Waals surface area (Å²) < 4.78 is 19.1. The minimum Gasteiger partial charge on any atom is -0.367 e. The molecule has 1 aromatic carbocycles. The van der Waals surface area contributed by atoms with Gasteiger partial charge in [-0.2, -0.15) is 5.10 Å². The largest absolute Gasteiger partial charge is 0.367 e. The van der Waals surface area contributed by atoms with Crippen LogP contribution in [0, 0.1) is 5.82 Å². The Hall–Kier alpha value is -2.21. The number of amides is 1. The van der Waals surface area contributed by atoms with Crippen LogP contribution in [0.1, 0.15) is 46.8 Å². The van der Waals surface area contributed by atoms with Crippen LogP contribution in [0.4, 0.5) is 4.39 Å². The van der Waals surface area contributed by atoms with Gasteiger partial charge in [0.05, 0.1) is 12.6 Å². The Morgan fingerprint density at radius 1 is 1.29 bits per heavy atom. The van der Waals surface area contributed by atoms with Crippen molar-refractivity contribution in [2.75, 3.05) is 13.1 Å². The van der Waals surface area contributed by atoms with E-state index in [-0.39, 0.29) is 23.9 Å². The van der Waals surface area contributed by atoms with Gasteiger partial charge in [-0.25, -0.2) is 4.39 Å². The van der Waals surface area contributed by atoms with Gasteiger partial charge in [0.2, 0.25) is 0 Å². The predicted molar refractivity (Wildman–Crippen MR) is 86.2 cm³/mol. The second-order valence-corrected chi connectivity index (χ2v) is 6.58. The van der Waals surface area contributed by atoms with E-state index in [1.165, 1.54) is 12.1 Å². The third kappa shape index (κ3) is 2.71. The predicted octanol–water partition coefficient (Wildman–Crippen LogP) is 2.64. The summed E-state index contributed by atoms with van der Waals surface area (Å²) in [4.78, 5) is 14.7. The summed E-state index contributed by atoms with van der Waals surface area (Å²) in [5.74, 6) is -0.320. The lowest BCUT2D eigenvalue weighted by molar-refractivity contribution is -0.0693. The Kier molecular flexibility index (Phi) is 3.84. The van der Waals surface area contributed by atoms with E-state index in [0.717, 1.165) is 36.1 Å². The summed E-state index contributed by atoms with van der Waals surface area (Å²) in [7, 11) is 0. The Morgan fingerprint density at radius 2 is 2.08 bits per heavy atom. The first-order valence-corrected chi connectivity index (χ1v) is 8.38. The monoisotopic (exact) mass is 329 g/mol. The van der Waals surface area contributed by atoms with E-state index in [9.17, 15) is 9.18 Å². The highest BCUT2D eigenvalue weighted by Crippen LogP contribution is 2.28. The molecule has 0 saturated carbocycles. The SMILES string of the molecule is CC1CN(C(=O)c2n[nH]c3c2CCC3)CC(c2ccc(F)cc2)O1. The van der Waals surface area contributed by atoms with Gasteiger partial charge in [-0.15, -0.1) is 0 Å². The Morgan fingerprint density at radius 3 is 2.88 bits per heavy atom. The number of hydrogen-bond donors (Lipinski definition) is 1. The summed E-state index contributed by atoms with van der Waals surface area (Å²) in [5.41, 5.74) is 3.59. The average molecular weight is 329 g/mol. The number of rotatable bonds is 2. The number of H-pyrrole nitrogens is 1. The standard InChI is InChI=1S/C18H20FN3O2/c1-11-9-22(10-16(24-11)12-5-7-13(19)8-6-12)18(23)17-14-3-2-4-15(14)20-21-17/h5-8,11,16H,2-4,9-10H2,1H3,(H,20,21). The molecule has 1 fully saturated rings. The number of carbonyl (C=O) groups is 1. The van der Waals surface area contributed by atoms with Crippen LogP contribution in [-0.2, 0) is 17.6 Å². The number of benzene rings is 1. The molecule has 2 unspecified atom stereocenters. The van der Waals surface area contributed by atoms with E-state index in [4.69, 9.17) is 4.74 Å². The molecule has 24 heavy (non-hydrogen) atoms. The Labute approximate surface area is 139 Å². The van der Waals surface area contributed by atoms with Crippen molar-refractivity contribution in [3.05, 3.63) is 52.6 Å². The van der Waals surface area contributed by atoms with Crippen LogP contribution in [-0.4, -0.2) is 40.2 Å². The van der Waals surface area contributed by atoms with Crippen LogP contribution in [0.25, 0.3) is 0 Å². The first kappa shape index (κ1) is 15.3. The van der Waals surface area contributed by atoms with E-state index in [1.807, 2.05) is 6.92 Å². The highest BCUT2D eigenvalue weighted by molar-refractivity contribution is 5.94. The molecule has 0 radical (unpaired) electrons. The number of carbonyl (C=O) groups excluding carboxylic acids is 1. The van der Waals surface area contributed by atoms with E-state index < -0.39 is 0 Å². The van der Waals surface area contributed by atoms with Crippen LogP contribution in [0.15, 0.2) is 24.3 Å². The molecule has 2 aliphatic rings. The van der Waals surface area contributed by atoms with Gasteiger partial charge < -0.3 is 9.64 Å².